The Morgan fingerprint density at radius 1 is 0.517 bits per heavy atom. The summed E-state index contributed by atoms with van der Waals surface area (Å²) in [6.07, 6.45) is 2.14. The van der Waals surface area contributed by atoms with E-state index in [1.165, 1.54) is 57.0 Å². The van der Waals surface area contributed by atoms with Crippen molar-refractivity contribution in [2.24, 2.45) is 0 Å². The first-order valence-electron chi connectivity index (χ1n) is 9.52. The van der Waals surface area contributed by atoms with Crippen LogP contribution in [0, 0.1) is 3.57 Å². The van der Waals surface area contributed by atoms with Crippen molar-refractivity contribution in [2.45, 2.75) is 12.8 Å². The third-order valence-electron chi connectivity index (χ3n) is 5.56. The molecule has 2 aliphatic carbocycles. The zero-order valence-electron chi connectivity index (χ0n) is 15.6. The second-order valence-corrected chi connectivity index (χ2v) is 10.5. The molecule has 29 heavy (non-hydrogen) atoms. The van der Waals surface area contributed by atoms with Gasteiger partial charge in [-0.2, -0.15) is 0 Å². The van der Waals surface area contributed by atoms with Crippen LogP contribution in [0.15, 0.2) is 87.8 Å². The van der Waals surface area contributed by atoms with Crippen LogP contribution < -0.4 is 0 Å². The van der Waals surface area contributed by atoms with Gasteiger partial charge < -0.3 is 0 Å². The molecule has 0 fully saturated rings. The number of benzene rings is 4. The van der Waals surface area contributed by atoms with Crippen molar-refractivity contribution in [3.63, 3.8) is 0 Å². The molecule has 0 spiro atoms. The third kappa shape index (κ3) is 3.85. The van der Waals surface area contributed by atoms with Crippen molar-refractivity contribution >= 4 is 54.5 Å². The maximum atomic E-state index is 3.52. The van der Waals surface area contributed by atoms with E-state index in [9.17, 15) is 0 Å². The van der Waals surface area contributed by atoms with Gasteiger partial charge in [0.1, 0.15) is 0 Å². The van der Waals surface area contributed by atoms with Gasteiger partial charge >= 0.3 is 0 Å². The fourth-order valence-corrected chi connectivity index (χ4v) is 5.63. The van der Waals surface area contributed by atoms with Crippen molar-refractivity contribution < 1.29 is 0 Å². The lowest BCUT2D eigenvalue weighted by atomic mass is 10.1. The van der Waals surface area contributed by atoms with Crippen LogP contribution in [0.5, 0.6) is 0 Å². The molecule has 0 saturated heterocycles. The number of fused-ring (bicyclic) bond motifs is 6. The molecule has 0 N–H and O–H groups in total. The monoisotopic (exact) mass is 614 g/mol. The molecule has 142 valence electrons. The highest BCUT2D eigenvalue weighted by atomic mass is 127. The highest BCUT2D eigenvalue weighted by Crippen LogP contribution is 2.39. The lowest BCUT2D eigenvalue weighted by Gasteiger charge is -2.01. The summed E-state index contributed by atoms with van der Waals surface area (Å²) in [7, 11) is 0. The topological polar surface area (TPSA) is 0 Å². The lowest BCUT2D eigenvalue weighted by molar-refractivity contribution is 1.25. The van der Waals surface area contributed by atoms with Gasteiger partial charge in [-0.05, 0) is 116 Å². The summed E-state index contributed by atoms with van der Waals surface area (Å²) in [6, 6.07) is 28.4. The Kier molecular flexibility index (Phi) is 5.39. The van der Waals surface area contributed by atoms with E-state index in [-0.39, 0.29) is 0 Å². The molecular formula is C26H17Br2I. The summed E-state index contributed by atoms with van der Waals surface area (Å²) >= 11 is 9.40. The van der Waals surface area contributed by atoms with Gasteiger partial charge in [0.15, 0.2) is 0 Å². The molecule has 0 atom stereocenters. The standard InChI is InChI=1S/C13H8BrI.C13H9Br/c14-10-1-3-12-8(6-10)5-9-7-11(15)2-4-13(9)12;14-11-5-6-13-10(8-11)7-9-3-1-2-4-12(9)13/h1-4,6-7H,5H2;1-6,8H,7H2. The second-order valence-electron chi connectivity index (χ2n) is 7.42. The van der Waals surface area contributed by atoms with Crippen LogP contribution in [0.2, 0.25) is 0 Å². The zero-order chi connectivity index (χ0) is 20.0. The normalized spacial score (nSPS) is 12.4. The van der Waals surface area contributed by atoms with Gasteiger partial charge in [-0.15, -0.1) is 0 Å². The molecule has 0 radical (unpaired) electrons. The quantitative estimate of drug-likeness (QED) is 0.150. The van der Waals surface area contributed by atoms with E-state index in [0.29, 0.717) is 0 Å². The van der Waals surface area contributed by atoms with Gasteiger partial charge in [0.25, 0.3) is 0 Å². The van der Waals surface area contributed by atoms with E-state index >= 15 is 0 Å². The minimum Gasteiger partial charge on any atom is -0.0619 e. The fraction of sp³-hybridized carbons (Fsp3) is 0.0769. The minimum absolute atomic E-state index is 1.07. The average Bonchev–Trinajstić information content (AvgIpc) is 3.24. The molecule has 0 aliphatic heterocycles. The molecule has 0 heterocycles. The van der Waals surface area contributed by atoms with Crippen molar-refractivity contribution in [2.75, 3.05) is 0 Å². The highest BCUT2D eigenvalue weighted by molar-refractivity contribution is 14.1. The summed E-state index contributed by atoms with van der Waals surface area (Å²) in [5.41, 5.74) is 11.3. The van der Waals surface area contributed by atoms with Crippen LogP contribution in [0.4, 0.5) is 0 Å². The molecule has 0 nitrogen and oxygen atoms in total. The van der Waals surface area contributed by atoms with Crippen LogP contribution in [0.25, 0.3) is 22.3 Å². The van der Waals surface area contributed by atoms with E-state index in [0.717, 1.165) is 12.8 Å². The molecule has 3 heteroatoms. The van der Waals surface area contributed by atoms with E-state index in [4.69, 9.17) is 0 Å². The third-order valence-corrected chi connectivity index (χ3v) is 7.22. The first-order valence-corrected chi connectivity index (χ1v) is 12.2. The molecule has 4 aromatic rings. The predicted molar refractivity (Wildman–Crippen MR) is 137 cm³/mol. The molecule has 4 aromatic carbocycles. The molecular weight excluding hydrogens is 599 g/mol. The van der Waals surface area contributed by atoms with Gasteiger partial charge in [0.05, 0.1) is 0 Å². The fourth-order valence-electron chi connectivity index (χ4n) is 4.26. The lowest BCUT2D eigenvalue weighted by Crippen LogP contribution is -1.80. The number of rotatable bonds is 0. The molecule has 0 bridgehead atoms. The van der Waals surface area contributed by atoms with Gasteiger partial charge in [-0.3, -0.25) is 0 Å². The number of hydrogen-bond donors (Lipinski definition) is 0. The van der Waals surface area contributed by atoms with Crippen LogP contribution in [-0.4, -0.2) is 0 Å². The van der Waals surface area contributed by atoms with Gasteiger partial charge in [0.2, 0.25) is 0 Å². The Morgan fingerprint density at radius 3 is 1.66 bits per heavy atom. The summed E-state index contributed by atoms with van der Waals surface area (Å²) in [6.45, 7) is 0. The van der Waals surface area contributed by atoms with E-state index in [1.54, 1.807) is 0 Å². The Balaban J connectivity index is 0.000000125. The summed E-state index contributed by atoms with van der Waals surface area (Å²) in [4.78, 5) is 0. The Morgan fingerprint density at radius 2 is 1.00 bits per heavy atom. The van der Waals surface area contributed by atoms with Crippen molar-refractivity contribution in [1.29, 1.82) is 0 Å². The zero-order valence-corrected chi connectivity index (χ0v) is 20.9. The van der Waals surface area contributed by atoms with Gasteiger partial charge in [-0.1, -0.05) is 74.3 Å². The summed E-state index contributed by atoms with van der Waals surface area (Å²) in [5, 5.41) is 0. The average molecular weight is 616 g/mol. The SMILES string of the molecule is Brc1ccc2c(c1)Cc1cc(I)ccc1-2.Brc1ccc2c(c1)Cc1ccccc1-2. The minimum atomic E-state index is 1.07. The summed E-state index contributed by atoms with van der Waals surface area (Å²) < 4.78 is 3.66. The molecule has 0 saturated carbocycles. The first kappa shape index (κ1) is 19.5. The van der Waals surface area contributed by atoms with Gasteiger partial charge in [-0.25, -0.2) is 0 Å². The smallest absolute Gasteiger partial charge is 0.0178 e. The van der Waals surface area contributed by atoms with E-state index < -0.39 is 0 Å². The van der Waals surface area contributed by atoms with Crippen LogP contribution in [-0.2, 0) is 12.8 Å². The van der Waals surface area contributed by atoms with E-state index in [1.807, 2.05) is 0 Å². The predicted octanol–water partition coefficient (Wildman–Crippen LogP) is 8.65. The number of halogens is 3. The highest BCUT2D eigenvalue weighted by Gasteiger charge is 2.18. The Bertz CT molecular complexity index is 1190. The molecule has 2 aliphatic rings. The maximum Gasteiger partial charge on any atom is 0.0178 e. The molecule has 0 unspecified atom stereocenters. The van der Waals surface area contributed by atoms with Crippen molar-refractivity contribution in [3.8, 4) is 22.3 Å². The molecule has 0 amide bonds. The number of hydrogen-bond acceptors (Lipinski definition) is 0. The van der Waals surface area contributed by atoms with Crippen molar-refractivity contribution in [3.05, 3.63) is 114 Å². The van der Waals surface area contributed by atoms with Gasteiger partial charge in [0, 0.05) is 12.5 Å². The van der Waals surface area contributed by atoms with Crippen LogP contribution in [0.3, 0.4) is 0 Å². The first-order chi connectivity index (χ1) is 14.1. The molecule has 0 aromatic heterocycles. The second kappa shape index (κ2) is 8.01. The summed E-state index contributed by atoms with van der Waals surface area (Å²) in [5.74, 6) is 0. The van der Waals surface area contributed by atoms with Crippen LogP contribution in [0.1, 0.15) is 22.3 Å². The van der Waals surface area contributed by atoms with E-state index in [2.05, 4.69) is 133 Å². The maximum absolute atomic E-state index is 3.52. The Labute approximate surface area is 201 Å². The molecule has 6 rings (SSSR count). The van der Waals surface area contributed by atoms with Crippen LogP contribution >= 0.6 is 54.5 Å². The Hall–Kier alpha value is -1.43. The van der Waals surface area contributed by atoms with Crippen molar-refractivity contribution in [1.82, 2.24) is 0 Å². The largest absolute Gasteiger partial charge is 0.0619 e.